The van der Waals surface area contributed by atoms with Crippen LogP contribution < -0.4 is 5.32 Å². The molecule has 0 saturated heterocycles. The van der Waals surface area contributed by atoms with Crippen molar-refractivity contribution in [2.24, 2.45) is 0 Å². The molecule has 0 heterocycles. The lowest BCUT2D eigenvalue weighted by atomic mass is 10.2. The lowest BCUT2D eigenvalue weighted by Crippen LogP contribution is -2.18. The van der Waals surface area contributed by atoms with Crippen LogP contribution in [0.3, 0.4) is 0 Å². The topological polar surface area (TPSA) is 21.3 Å². The molecule has 106 valence electrons. The van der Waals surface area contributed by atoms with Crippen LogP contribution >= 0.6 is 27.7 Å². The van der Waals surface area contributed by atoms with Gasteiger partial charge >= 0.3 is 0 Å². The van der Waals surface area contributed by atoms with Gasteiger partial charge in [0.25, 0.3) is 0 Å². The van der Waals surface area contributed by atoms with Gasteiger partial charge in [0.05, 0.1) is 6.61 Å². The van der Waals surface area contributed by atoms with Gasteiger partial charge in [-0.15, -0.1) is 11.8 Å². The van der Waals surface area contributed by atoms with Crippen LogP contribution in [0.25, 0.3) is 0 Å². The third kappa shape index (κ3) is 5.10. The second-order valence-electron chi connectivity index (χ2n) is 4.95. The third-order valence-electron chi connectivity index (χ3n) is 3.43. The Balaban J connectivity index is 1.85. The van der Waals surface area contributed by atoms with Gasteiger partial charge in [0.15, 0.2) is 0 Å². The molecule has 2 rings (SSSR count). The van der Waals surface area contributed by atoms with Gasteiger partial charge in [0.1, 0.15) is 0 Å². The first kappa shape index (κ1) is 15.4. The molecule has 1 N–H and O–H groups in total. The summed E-state index contributed by atoms with van der Waals surface area (Å²) in [5.41, 5.74) is 1.31. The van der Waals surface area contributed by atoms with Gasteiger partial charge in [-0.25, -0.2) is 0 Å². The van der Waals surface area contributed by atoms with Crippen molar-refractivity contribution in [1.29, 1.82) is 0 Å². The number of benzene rings is 1. The van der Waals surface area contributed by atoms with Gasteiger partial charge in [-0.2, -0.15) is 0 Å². The van der Waals surface area contributed by atoms with Crippen molar-refractivity contribution in [2.45, 2.75) is 42.4 Å². The first-order valence-electron chi connectivity index (χ1n) is 6.94. The summed E-state index contributed by atoms with van der Waals surface area (Å²) < 4.78 is 6.23. The predicted octanol–water partition coefficient (Wildman–Crippen LogP) is 4.22. The van der Waals surface area contributed by atoms with Gasteiger partial charge in [-0.1, -0.05) is 34.8 Å². The molecular formula is C15H22BrNOS. The zero-order chi connectivity index (χ0) is 13.5. The zero-order valence-electron chi connectivity index (χ0n) is 11.5. The summed E-state index contributed by atoms with van der Waals surface area (Å²) in [5.74, 6) is 0. The largest absolute Gasteiger partial charge is 0.383 e. The third-order valence-corrected chi connectivity index (χ3v) is 5.50. The molecule has 2 nitrogen and oxygen atoms in total. The highest BCUT2D eigenvalue weighted by Gasteiger charge is 2.16. The highest BCUT2D eigenvalue weighted by Crippen LogP contribution is 2.36. The molecule has 0 atom stereocenters. The number of methoxy groups -OCH3 is 1. The summed E-state index contributed by atoms with van der Waals surface area (Å²) >= 11 is 5.72. The van der Waals surface area contributed by atoms with E-state index in [0.29, 0.717) is 0 Å². The molecule has 0 aromatic heterocycles. The fourth-order valence-electron chi connectivity index (χ4n) is 2.34. The molecule has 0 aliphatic heterocycles. The van der Waals surface area contributed by atoms with Crippen molar-refractivity contribution < 1.29 is 4.74 Å². The van der Waals surface area contributed by atoms with Crippen LogP contribution in [0.4, 0.5) is 0 Å². The molecule has 1 fully saturated rings. The summed E-state index contributed by atoms with van der Waals surface area (Å²) in [7, 11) is 1.73. The summed E-state index contributed by atoms with van der Waals surface area (Å²) in [6.45, 7) is 2.53. The Labute approximate surface area is 128 Å². The first-order valence-corrected chi connectivity index (χ1v) is 8.61. The highest BCUT2D eigenvalue weighted by molar-refractivity contribution is 9.10. The average Bonchev–Trinajstić information content (AvgIpc) is 2.90. The van der Waals surface area contributed by atoms with Crippen LogP contribution in [0.2, 0.25) is 0 Å². The normalized spacial score (nSPS) is 16.1. The smallest absolute Gasteiger partial charge is 0.0587 e. The number of hydrogen-bond donors (Lipinski definition) is 1. The van der Waals surface area contributed by atoms with E-state index in [2.05, 4.69) is 39.4 Å². The van der Waals surface area contributed by atoms with Gasteiger partial charge in [0.2, 0.25) is 0 Å². The van der Waals surface area contributed by atoms with Crippen molar-refractivity contribution in [3.63, 3.8) is 0 Å². The van der Waals surface area contributed by atoms with Crippen LogP contribution in [0.15, 0.2) is 27.6 Å². The molecule has 0 bridgehead atoms. The monoisotopic (exact) mass is 343 g/mol. The molecule has 1 aromatic carbocycles. The fourth-order valence-corrected chi connectivity index (χ4v) is 4.30. The summed E-state index contributed by atoms with van der Waals surface area (Å²) in [5, 5.41) is 4.21. The fraction of sp³-hybridized carbons (Fsp3) is 0.600. The van der Waals surface area contributed by atoms with Crippen molar-refractivity contribution in [1.82, 2.24) is 5.32 Å². The van der Waals surface area contributed by atoms with E-state index in [4.69, 9.17) is 4.74 Å². The molecule has 4 heteroatoms. The maximum Gasteiger partial charge on any atom is 0.0587 e. The van der Waals surface area contributed by atoms with Gasteiger partial charge < -0.3 is 10.1 Å². The minimum absolute atomic E-state index is 0.757. The van der Waals surface area contributed by atoms with Gasteiger partial charge in [0, 0.05) is 34.8 Å². The van der Waals surface area contributed by atoms with Crippen LogP contribution in [0.1, 0.15) is 31.2 Å². The van der Waals surface area contributed by atoms with Crippen molar-refractivity contribution in [3.05, 3.63) is 28.2 Å². The number of thioether (sulfide) groups is 1. The van der Waals surface area contributed by atoms with Crippen molar-refractivity contribution >= 4 is 27.7 Å². The molecule has 1 aliphatic rings. The molecule has 1 aromatic rings. The summed E-state index contributed by atoms with van der Waals surface area (Å²) in [6, 6.07) is 6.73. The minimum Gasteiger partial charge on any atom is -0.383 e. The van der Waals surface area contributed by atoms with Crippen LogP contribution in [-0.2, 0) is 11.3 Å². The van der Waals surface area contributed by atoms with Gasteiger partial charge in [-0.3, -0.25) is 0 Å². The Bertz CT molecular complexity index is 394. The Hall–Kier alpha value is -0.0300. The summed E-state index contributed by atoms with van der Waals surface area (Å²) in [6.07, 6.45) is 5.56. The van der Waals surface area contributed by atoms with E-state index < -0.39 is 0 Å². The molecule has 1 aliphatic carbocycles. The second kappa shape index (κ2) is 8.30. The summed E-state index contributed by atoms with van der Waals surface area (Å²) in [4.78, 5) is 1.39. The number of ether oxygens (including phenoxy) is 1. The molecule has 1 saturated carbocycles. The van der Waals surface area contributed by atoms with E-state index in [-0.39, 0.29) is 0 Å². The lowest BCUT2D eigenvalue weighted by Gasteiger charge is -2.11. The molecule has 0 radical (unpaired) electrons. The maximum absolute atomic E-state index is 5.03. The number of halogens is 1. The average molecular weight is 344 g/mol. The molecule has 0 spiro atoms. The Morgan fingerprint density at radius 1 is 1.37 bits per heavy atom. The van der Waals surface area contributed by atoms with Crippen molar-refractivity contribution in [3.8, 4) is 0 Å². The van der Waals surface area contributed by atoms with Crippen LogP contribution in [0.5, 0.6) is 0 Å². The molecule has 0 amide bonds. The maximum atomic E-state index is 5.03. The quantitative estimate of drug-likeness (QED) is 0.749. The molecule has 0 unspecified atom stereocenters. The van der Waals surface area contributed by atoms with Crippen LogP contribution in [-0.4, -0.2) is 25.5 Å². The van der Waals surface area contributed by atoms with Gasteiger partial charge in [-0.05, 0) is 30.5 Å². The molecular weight excluding hydrogens is 322 g/mol. The first-order chi connectivity index (χ1) is 9.29. The highest BCUT2D eigenvalue weighted by atomic mass is 79.9. The molecule has 19 heavy (non-hydrogen) atoms. The standard InChI is InChI=1S/C15H22BrNOS/c1-18-9-8-17-11-12-6-7-14(10-15(12)16)19-13-4-2-3-5-13/h6-7,10,13,17H,2-5,8-9,11H2,1H3. The SMILES string of the molecule is COCCNCc1ccc(SC2CCCC2)cc1Br. The van der Waals surface area contributed by atoms with Crippen LogP contribution in [0, 0.1) is 0 Å². The Kier molecular flexibility index (Phi) is 6.71. The lowest BCUT2D eigenvalue weighted by molar-refractivity contribution is 0.199. The number of rotatable bonds is 7. The van der Waals surface area contributed by atoms with E-state index in [1.54, 1.807) is 7.11 Å². The van der Waals surface area contributed by atoms with Crippen molar-refractivity contribution in [2.75, 3.05) is 20.3 Å². The zero-order valence-corrected chi connectivity index (χ0v) is 13.9. The van der Waals surface area contributed by atoms with E-state index in [0.717, 1.165) is 24.9 Å². The van der Waals surface area contributed by atoms with E-state index in [1.165, 1.54) is 40.6 Å². The Morgan fingerprint density at radius 3 is 2.84 bits per heavy atom. The second-order valence-corrected chi connectivity index (χ2v) is 7.18. The van der Waals surface area contributed by atoms with E-state index >= 15 is 0 Å². The predicted molar refractivity (Wildman–Crippen MR) is 85.8 cm³/mol. The number of nitrogens with one attached hydrogen (secondary N) is 1. The Morgan fingerprint density at radius 2 is 2.16 bits per heavy atom. The number of hydrogen-bond acceptors (Lipinski definition) is 3. The van der Waals surface area contributed by atoms with E-state index in [9.17, 15) is 0 Å². The minimum atomic E-state index is 0.757. The van der Waals surface area contributed by atoms with E-state index in [1.807, 2.05) is 11.8 Å².